The van der Waals surface area contributed by atoms with Crippen LogP contribution in [0.2, 0.25) is 0 Å². The van der Waals surface area contributed by atoms with Gasteiger partial charge < -0.3 is 49.3 Å². The minimum absolute atomic E-state index is 0. The van der Waals surface area contributed by atoms with E-state index in [0.29, 0.717) is 92.8 Å². The van der Waals surface area contributed by atoms with Crippen molar-refractivity contribution in [2.75, 3.05) is 40.5 Å². The van der Waals surface area contributed by atoms with Crippen LogP contribution < -0.4 is 120 Å². The van der Waals surface area contributed by atoms with Crippen LogP contribution in [0.5, 0.6) is 5.75 Å². The second-order valence-electron chi connectivity index (χ2n) is 23.2. The molecular formula is C61H64N9Na3O17S4. The Morgan fingerprint density at radius 2 is 1.40 bits per heavy atom. The summed E-state index contributed by atoms with van der Waals surface area (Å²) in [4.78, 5) is 54.3. The van der Waals surface area contributed by atoms with Crippen molar-refractivity contribution in [2.45, 2.75) is 112 Å². The number of hydrogen-bond donors (Lipinski definition) is 5. The van der Waals surface area contributed by atoms with Crippen molar-refractivity contribution in [1.82, 2.24) is 25.3 Å². The summed E-state index contributed by atoms with van der Waals surface area (Å²) < 4.78 is 152. The molecule has 0 saturated carbocycles. The van der Waals surface area contributed by atoms with Gasteiger partial charge in [-0.3, -0.25) is 14.6 Å². The molecular weight excluding hydrogens is 1330 g/mol. The van der Waals surface area contributed by atoms with Crippen molar-refractivity contribution in [3.8, 4) is 5.75 Å². The van der Waals surface area contributed by atoms with Gasteiger partial charge in [0.25, 0.3) is 11.5 Å². The fourth-order valence-electron chi connectivity index (χ4n) is 11.4. The number of nitrogens with one attached hydrogen (secondary N) is 3. The molecule has 4 aromatic carbocycles. The van der Waals surface area contributed by atoms with Crippen LogP contribution in [0.3, 0.4) is 0 Å². The van der Waals surface area contributed by atoms with E-state index in [1.54, 1.807) is 36.4 Å². The van der Waals surface area contributed by atoms with Crippen molar-refractivity contribution in [1.29, 1.82) is 0 Å². The number of allylic oxidation sites excluding steroid dienone is 7. The normalized spacial score (nSPS) is 16.5. The molecule has 2 aromatic heterocycles. The Labute approximate surface area is 610 Å². The van der Waals surface area contributed by atoms with E-state index in [1.807, 2.05) is 61.5 Å². The maximum atomic E-state index is 13.5. The Kier molecular flexibility index (Phi) is 25.9. The van der Waals surface area contributed by atoms with Crippen LogP contribution in [-0.4, -0.2) is 130 Å². The number of ether oxygens (including phenoxy) is 1. The maximum Gasteiger partial charge on any atom is 1.00 e. The Bertz CT molecular complexity index is 4600. The molecule has 0 bridgehead atoms. The van der Waals surface area contributed by atoms with Crippen molar-refractivity contribution >= 4 is 92.2 Å². The Morgan fingerprint density at radius 3 is 2.03 bits per heavy atom. The number of nitrogen functional groups attached to an aromatic ring is 1. The molecule has 33 heteroatoms. The number of carboxylic acid groups (broad SMARTS) is 1. The summed E-state index contributed by atoms with van der Waals surface area (Å²) in [5, 5.41) is 16.0. The first-order valence-electron chi connectivity index (χ1n) is 28.7. The third kappa shape index (κ3) is 19.0. The second-order valence-corrected chi connectivity index (χ2v) is 29.0. The van der Waals surface area contributed by atoms with Gasteiger partial charge in [0.05, 0.1) is 53.9 Å². The van der Waals surface area contributed by atoms with Crippen LogP contribution in [0.1, 0.15) is 105 Å². The Balaban J connectivity index is 0.00000467. The first-order chi connectivity index (χ1) is 42.7. The zero-order valence-electron chi connectivity index (χ0n) is 52.7. The molecule has 1 aliphatic carbocycles. The molecule has 2 aliphatic heterocycles. The number of rotatable bonds is 25. The number of nitrogens with zero attached hydrogens (tertiary/aromatic N) is 5. The summed E-state index contributed by atoms with van der Waals surface area (Å²) in [6.45, 7) is 7.93. The fraction of sp³-hybridized carbons (Fsp3) is 0.328. The standard InChI is InChI=1S/C61H67N9O17S4.3Na/c1-60(2)46-33-44(90(81,82)83)22-24-49(46)69(28-5-7-30-88(75,76)77)51(60)26-16-38-10-9-11-39(17-27-52-61(3,4)47-34-45(91(84,85)86)23-25-50(47)70(52)29-6-8-31-89(78,79)80)54(38)87-43-20-12-37(13-21-43)32-48(58(73)74)66-56(71)40-14-18-41(19-15-40)63-35-42-36-64-55-53(65-42)57(72)68-59(62)67-55;;;/h12-27,33-34,36,48H,5-11,28-32,35H2,1-4H3,(H9-,62,63,64,66,67,68,71,72,73,74,75,76,77,78,79,80,81,82,83,84,85,86);;;/q;3*+1/p-3/t48-;;;/m0.../s1. The van der Waals surface area contributed by atoms with E-state index in [9.17, 15) is 71.4 Å². The van der Waals surface area contributed by atoms with Gasteiger partial charge in [0.15, 0.2) is 16.9 Å². The Morgan fingerprint density at radius 1 is 0.777 bits per heavy atom. The summed E-state index contributed by atoms with van der Waals surface area (Å²) >= 11 is 0. The van der Waals surface area contributed by atoms with Crippen LogP contribution in [0.15, 0.2) is 153 Å². The van der Waals surface area contributed by atoms with E-state index in [2.05, 4.69) is 30.6 Å². The largest absolute Gasteiger partial charge is 1.00 e. The minimum Gasteiger partial charge on any atom is -0.748 e. The molecule has 4 heterocycles. The number of aliphatic carboxylic acids is 1. The number of carbonyl (C=O) groups excluding carboxylic acids is 1. The third-order valence-electron chi connectivity index (χ3n) is 16.0. The molecule has 9 rings (SSSR count). The van der Waals surface area contributed by atoms with Gasteiger partial charge in [-0.15, -0.1) is 0 Å². The van der Waals surface area contributed by atoms with Gasteiger partial charge in [0, 0.05) is 76.6 Å². The summed E-state index contributed by atoms with van der Waals surface area (Å²) in [7, 11) is -18.8. The van der Waals surface area contributed by atoms with Crippen LogP contribution in [0.4, 0.5) is 23.0 Å². The van der Waals surface area contributed by atoms with Crippen LogP contribution in [0, 0.1) is 0 Å². The van der Waals surface area contributed by atoms with Crippen LogP contribution in [0.25, 0.3) is 11.2 Å². The second kappa shape index (κ2) is 31.4. The number of aromatic amines is 1. The van der Waals surface area contributed by atoms with E-state index in [0.717, 1.165) is 0 Å². The monoisotopic (exact) mass is 1390 g/mol. The van der Waals surface area contributed by atoms with Gasteiger partial charge in [-0.1, -0.05) is 32.1 Å². The molecule has 482 valence electrons. The summed E-state index contributed by atoms with van der Waals surface area (Å²) in [6, 6.07) is 19.5. The average molecular weight is 1390 g/mol. The average Bonchev–Trinajstić information content (AvgIpc) is 1.59. The van der Waals surface area contributed by atoms with E-state index < -0.39 is 96.1 Å². The SMILES string of the molecule is CC1(C)C(/C=C/C2=C(Oc3ccc(C[C@H](NC(=O)c4ccc(NCc5cnc6nc(N)[nH]c(=O)c6n5)cc4)C(=O)O)cc3)C(=C/C=C3/N(CCCCS(=O)(=O)[O-])c4ccc(S(=O)(=O)[O-])cc4C3(C)C)/CCC2)=[N+](CCCCS(=O)(=O)[O-])c2ccc(S(=O)(=O)[O-])cc21.[Na+].[Na+].[Na+]. The van der Waals surface area contributed by atoms with Gasteiger partial charge in [-0.05, 0) is 154 Å². The quantitative estimate of drug-likeness (QED) is 0.0164. The number of anilines is 3. The molecule has 0 radical (unpaired) electrons. The van der Waals surface area contributed by atoms with Crippen molar-refractivity contribution in [2.24, 2.45) is 0 Å². The molecule has 0 saturated heterocycles. The first-order valence-corrected chi connectivity index (χ1v) is 34.6. The molecule has 94 heavy (non-hydrogen) atoms. The molecule has 0 unspecified atom stereocenters. The van der Waals surface area contributed by atoms with Crippen molar-refractivity contribution < 1.29 is 165 Å². The van der Waals surface area contributed by atoms with E-state index >= 15 is 0 Å². The van der Waals surface area contributed by atoms with Gasteiger partial charge >= 0.3 is 94.6 Å². The zero-order chi connectivity index (χ0) is 66.0. The van der Waals surface area contributed by atoms with Gasteiger partial charge in [-0.2, -0.15) is 9.56 Å². The molecule has 0 spiro atoms. The molecule has 1 amide bonds. The summed E-state index contributed by atoms with van der Waals surface area (Å²) in [6.07, 6.45) is 10.7. The van der Waals surface area contributed by atoms with Gasteiger partial charge in [0.1, 0.15) is 44.3 Å². The molecule has 26 nitrogen and oxygen atoms in total. The number of nitrogens with two attached hydrogens (primary N) is 1. The number of amides is 1. The summed E-state index contributed by atoms with van der Waals surface area (Å²) in [5.74, 6) is -2.56. The summed E-state index contributed by atoms with van der Waals surface area (Å²) in [5.41, 5.74) is 9.68. The topological polar surface area (TPSA) is 420 Å². The number of H-pyrrole nitrogens is 1. The zero-order valence-corrected chi connectivity index (χ0v) is 61.9. The van der Waals surface area contributed by atoms with Crippen LogP contribution in [-0.2, 0) is 69.1 Å². The number of hydrogen-bond acceptors (Lipinski definition) is 22. The van der Waals surface area contributed by atoms with E-state index in [1.165, 1.54) is 54.7 Å². The van der Waals surface area contributed by atoms with E-state index in [-0.39, 0.29) is 163 Å². The first kappa shape index (κ1) is 77.5. The maximum absolute atomic E-state index is 13.5. The third-order valence-corrected chi connectivity index (χ3v) is 19.2. The van der Waals surface area contributed by atoms with Gasteiger partial charge in [0.2, 0.25) is 11.6 Å². The number of aromatic nitrogens is 4. The smallest absolute Gasteiger partial charge is 0.748 e. The molecule has 1 atom stereocenters. The van der Waals surface area contributed by atoms with Crippen LogP contribution >= 0.6 is 0 Å². The van der Waals surface area contributed by atoms with Crippen molar-refractivity contribution in [3.05, 3.63) is 176 Å². The predicted molar refractivity (Wildman–Crippen MR) is 332 cm³/mol. The predicted octanol–water partition coefficient (Wildman–Crippen LogP) is -3.14. The number of carboxylic acids is 1. The Hall–Kier alpha value is -5.49. The number of fused-ring (bicyclic) bond motifs is 3. The van der Waals surface area contributed by atoms with E-state index in [4.69, 9.17) is 10.5 Å². The number of benzene rings is 4. The molecule has 3 aliphatic rings. The molecule has 6 N–H and O–H groups in total. The number of unbranched alkanes of at least 4 members (excludes halogenated alkanes) is 2. The fourth-order valence-corrected chi connectivity index (χ4v) is 13.5. The van der Waals surface area contributed by atoms with Crippen molar-refractivity contribution in [3.63, 3.8) is 0 Å². The molecule has 0 fully saturated rings. The van der Waals surface area contributed by atoms with Gasteiger partial charge in [-0.25, -0.2) is 48.4 Å². The number of carbonyl (C=O) groups is 2. The minimum atomic E-state index is -4.88. The molecule has 6 aromatic rings.